The first-order chi connectivity index (χ1) is 11.6. The van der Waals surface area contributed by atoms with Crippen molar-refractivity contribution in [2.24, 2.45) is 11.8 Å². The number of hydrogen-bond acceptors (Lipinski definition) is 4. The maximum atomic E-state index is 13.2. The van der Waals surface area contributed by atoms with Gasteiger partial charge >= 0.3 is 6.09 Å². The third-order valence-corrected chi connectivity index (χ3v) is 9.05. The minimum absolute atomic E-state index is 0.0228. The van der Waals surface area contributed by atoms with Gasteiger partial charge in [-0.05, 0) is 39.2 Å². The molecule has 6 heteroatoms. The van der Waals surface area contributed by atoms with Crippen molar-refractivity contribution in [3.8, 4) is 0 Å². The fourth-order valence-electron chi connectivity index (χ4n) is 3.32. The molecule has 0 spiro atoms. The van der Waals surface area contributed by atoms with E-state index in [0.717, 1.165) is 0 Å². The van der Waals surface area contributed by atoms with Crippen LogP contribution in [-0.2, 0) is 13.7 Å². The zero-order valence-corrected chi connectivity index (χ0v) is 18.9. The van der Waals surface area contributed by atoms with E-state index in [-0.39, 0.29) is 28.7 Å². The summed E-state index contributed by atoms with van der Waals surface area (Å²) in [4.78, 5) is 27.0. The van der Waals surface area contributed by atoms with Crippen molar-refractivity contribution in [1.82, 2.24) is 4.90 Å². The minimum atomic E-state index is -1.41. The molecule has 0 bridgehead atoms. The molecule has 26 heavy (non-hydrogen) atoms. The maximum Gasteiger partial charge on any atom is 0.417 e. The zero-order chi connectivity index (χ0) is 20.7. The number of carbonyl (C=O) groups excluding carboxylic acids is 2. The Morgan fingerprint density at radius 2 is 1.81 bits per heavy atom. The summed E-state index contributed by atoms with van der Waals surface area (Å²) in [6.07, 6.45) is 4.81. The lowest BCUT2D eigenvalue weighted by molar-refractivity contribution is -0.135. The number of rotatable bonds is 6. The summed E-state index contributed by atoms with van der Waals surface area (Å²) in [5.41, 5.74) is -0.716. The molecule has 152 valence electrons. The summed E-state index contributed by atoms with van der Waals surface area (Å²) in [7, 11) is -1.41. The van der Waals surface area contributed by atoms with Crippen molar-refractivity contribution in [3.63, 3.8) is 0 Å². The Hall–Kier alpha value is -1.01. The van der Waals surface area contributed by atoms with Crippen LogP contribution in [0.2, 0.25) is 0 Å². The molecule has 0 N–H and O–H groups in total. The number of ether oxygens (including phenoxy) is 1. The van der Waals surface area contributed by atoms with E-state index in [1.165, 1.54) is 4.90 Å². The summed E-state index contributed by atoms with van der Waals surface area (Å²) in [6.45, 7) is 19.8. The van der Waals surface area contributed by atoms with E-state index in [1.807, 2.05) is 34.6 Å². The molecule has 1 saturated heterocycles. The molecular weight excluding hydrogens is 350 g/mol. The van der Waals surface area contributed by atoms with Gasteiger partial charge in [0.15, 0.2) is 0 Å². The van der Waals surface area contributed by atoms with Gasteiger partial charge in [0, 0.05) is 4.75 Å². The van der Waals surface area contributed by atoms with Gasteiger partial charge in [-0.1, -0.05) is 40.7 Å². The number of amides is 2. The summed E-state index contributed by atoms with van der Waals surface area (Å²) in [6, 6.07) is -0.319. The lowest BCUT2D eigenvalue weighted by atomic mass is 9.88. The van der Waals surface area contributed by atoms with Gasteiger partial charge in [0.05, 0.1) is 18.1 Å². The van der Waals surface area contributed by atoms with Crippen LogP contribution in [0.4, 0.5) is 4.79 Å². The van der Waals surface area contributed by atoms with E-state index < -0.39 is 27.9 Å². The highest BCUT2D eigenvalue weighted by atomic mass is 32.3. The fourth-order valence-corrected chi connectivity index (χ4v) is 4.49. The third kappa shape index (κ3) is 4.45. The van der Waals surface area contributed by atoms with Crippen LogP contribution in [0.1, 0.15) is 55.4 Å². The van der Waals surface area contributed by atoms with Gasteiger partial charge in [0.25, 0.3) is 0 Å². The third-order valence-electron chi connectivity index (χ3n) is 5.32. The molecule has 1 fully saturated rings. The van der Waals surface area contributed by atoms with Crippen molar-refractivity contribution in [1.29, 1.82) is 0 Å². The number of cyclic esters (lactones) is 1. The van der Waals surface area contributed by atoms with E-state index in [1.54, 1.807) is 6.08 Å². The lowest BCUT2D eigenvalue weighted by Gasteiger charge is -2.46. The highest BCUT2D eigenvalue weighted by Crippen LogP contribution is 2.55. The number of hydrogen-bond donors (Lipinski definition) is 0. The Bertz CT molecular complexity index is 563. The van der Waals surface area contributed by atoms with Crippen molar-refractivity contribution in [2.45, 2.75) is 77.9 Å². The number of nitrogens with zero attached hydrogens (tertiary/aromatic N) is 1. The molecule has 3 atom stereocenters. The first-order valence-electron chi connectivity index (χ1n) is 9.16. The Kier molecular flexibility index (Phi) is 6.68. The lowest BCUT2D eigenvalue weighted by Crippen LogP contribution is -2.51. The van der Waals surface area contributed by atoms with Crippen LogP contribution in [0.5, 0.6) is 0 Å². The molecule has 0 unspecified atom stereocenters. The average molecular weight is 388 g/mol. The van der Waals surface area contributed by atoms with Gasteiger partial charge in [-0.25, -0.2) is 9.69 Å². The van der Waals surface area contributed by atoms with Gasteiger partial charge in [0.2, 0.25) is 5.91 Å². The largest absolute Gasteiger partial charge is 0.441 e. The first-order valence-corrected chi connectivity index (χ1v) is 11.5. The molecule has 0 saturated carbocycles. The molecule has 1 aliphatic rings. The van der Waals surface area contributed by atoms with Crippen LogP contribution in [-0.4, -0.2) is 51.9 Å². The molecule has 0 aromatic heterocycles. The van der Waals surface area contributed by atoms with Crippen molar-refractivity contribution < 1.29 is 18.5 Å². The monoisotopic (exact) mass is 387 g/mol. The van der Waals surface area contributed by atoms with E-state index in [4.69, 9.17) is 8.92 Å². The van der Waals surface area contributed by atoms with Crippen LogP contribution in [0.3, 0.4) is 0 Å². The zero-order valence-electron chi connectivity index (χ0n) is 18.1. The van der Waals surface area contributed by atoms with Crippen LogP contribution >= 0.6 is 10.3 Å². The minimum Gasteiger partial charge on any atom is -0.441 e. The topological polar surface area (TPSA) is 55.8 Å². The van der Waals surface area contributed by atoms with Crippen molar-refractivity contribution >= 4 is 22.3 Å². The van der Waals surface area contributed by atoms with Gasteiger partial charge in [-0.2, -0.15) is 0 Å². The predicted molar refractivity (Wildman–Crippen MR) is 109 cm³/mol. The second-order valence-corrected chi connectivity index (χ2v) is 13.2. The molecule has 5 nitrogen and oxygen atoms in total. The molecule has 2 amide bonds. The number of imide groups is 1. The van der Waals surface area contributed by atoms with Crippen LogP contribution in [0.15, 0.2) is 12.7 Å². The normalized spacial score (nSPS) is 23.6. The van der Waals surface area contributed by atoms with E-state index in [9.17, 15) is 9.59 Å². The Labute approximate surface area is 161 Å². The molecule has 1 heterocycles. The second-order valence-electron chi connectivity index (χ2n) is 9.28. The molecule has 0 radical (unpaired) electrons. The van der Waals surface area contributed by atoms with Gasteiger partial charge in [-0.3, -0.25) is 4.79 Å². The Balaban J connectivity index is 3.12. The SMILES string of the molecule is C=C[C@@H](C(=O)N1C(=O)OC(C)(C)[C@H]1C(C)C)[C@@H](C)OS(C)(C)C(C)(C)C. The molecule has 0 aliphatic carbocycles. The maximum absolute atomic E-state index is 13.2. The average Bonchev–Trinajstić information content (AvgIpc) is 2.66. The van der Waals surface area contributed by atoms with Crippen molar-refractivity contribution in [2.75, 3.05) is 12.5 Å². The van der Waals surface area contributed by atoms with Gasteiger partial charge in [-0.15, -0.1) is 16.9 Å². The molecular formula is C20H37NO4S. The summed E-state index contributed by atoms with van der Waals surface area (Å²) >= 11 is 0. The second kappa shape index (κ2) is 7.55. The highest BCUT2D eigenvalue weighted by molar-refractivity contribution is 8.29. The first kappa shape index (κ1) is 23.0. The standard InChI is InChI=1S/C20H37NO4S/c1-12-15(14(4)25-26(10,11)19(5,6)7)17(22)21-16(13(2)3)20(8,9)24-18(21)23/h12-16H,1H2,2-11H3/t14-,15-,16-/m1/s1. The highest BCUT2D eigenvalue weighted by Gasteiger charge is 2.53. The van der Waals surface area contributed by atoms with Gasteiger partial charge in [0.1, 0.15) is 5.60 Å². The number of carbonyl (C=O) groups is 2. The van der Waals surface area contributed by atoms with Crippen molar-refractivity contribution in [3.05, 3.63) is 12.7 Å². The molecule has 0 aromatic carbocycles. The quantitative estimate of drug-likeness (QED) is 0.617. The van der Waals surface area contributed by atoms with Crippen LogP contribution < -0.4 is 0 Å². The molecule has 1 rings (SSSR count). The van der Waals surface area contributed by atoms with Crippen LogP contribution in [0, 0.1) is 11.8 Å². The van der Waals surface area contributed by atoms with E-state index in [0.29, 0.717) is 0 Å². The predicted octanol–water partition coefficient (Wildman–Crippen LogP) is 4.75. The Morgan fingerprint density at radius 1 is 1.31 bits per heavy atom. The molecule has 0 aromatic rings. The summed E-state index contributed by atoms with van der Waals surface area (Å²) in [5, 5.41) is 0. The van der Waals surface area contributed by atoms with E-state index >= 15 is 0 Å². The smallest absolute Gasteiger partial charge is 0.417 e. The molecule has 1 aliphatic heterocycles. The fraction of sp³-hybridized carbons (Fsp3) is 0.800. The summed E-state index contributed by atoms with van der Waals surface area (Å²) < 4.78 is 11.8. The summed E-state index contributed by atoms with van der Waals surface area (Å²) in [5.74, 6) is -0.823. The Morgan fingerprint density at radius 3 is 2.19 bits per heavy atom. The van der Waals surface area contributed by atoms with E-state index in [2.05, 4.69) is 39.9 Å². The van der Waals surface area contributed by atoms with Gasteiger partial charge < -0.3 is 8.92 Å². The van der Waals surface area contributed by atoms with Crippen LogP contribution in [0.25, 0.3) is 0 Å².